The second-order valence-corrected chi connectivity index (χ2v) is 10.2. The van der Waals surface area contributed by atoms with Gasteiger partial charge in [0.2, 0.25) is 17.7 Å². The first kappa shape index (κ1) is 26.0. The van der Waals surface area contributed by atoms with E-state index in [0.717, 1.165) is 22.4 Å². The molecule has 39 heavy (non-hydrogen) atoms. The Morgan fingerprint density at radius 1 is 0.872 bits per heavy atom. The number of ether oxygens (including phenoxy) is 3. The molecule has 2 aromatic carbocycles. The van der Waals surface area contributed by atoms with Crippen LogP contribution in [0.15, 0.2) is 79.0 Å². The van der Waals surface area contributed by atoms with Crippen molar-refractivity contribution in [3.8, 4) is 11.8 Å². The van der Waals surface area contributed by atoms with Gasteiger partial charge in [-0.15, -0.1) is 0 Å². The van der Waals surface area contributed by atoms with Crippen LogP contribution in [0.4, 0.5) is 16.4 Å². The van der Waals surface area contributed by atoms with Gasteiger partial charge in [0.25, 0.3) is 0 Å². The highest BCUT2D eigenvalue weighted by molar-refractivity contribution is 5.69. The minimum atomic E-state index is -0.565. The van der Waals surface area contributed by atoms with Gasteiger partial charge in [0, 0.05) is 17.8 Å². The van der Waals surface area contributed by atoms with E-state index in [1.807, 2.05) is 87.5 Å². The SMILES string of the molecule is CC(C)(C)OC(=O)N1Cc2cnc(Nc3ccc(OCc4ccccc4)nc3OCc3ccccc3)nc2C1. The zero-order chi connectivity index (χ0) is 27.2. The van der Waals surface area contributed by atoms with Gasteiger partial charge in [-0.3, -0.25) is 4.90 Å². The molecule has 0 bridgehead atoms. The number of pyridine rings is 1. The zero-order valence-corrected chi connectivity index (χ0v) is 22.3. The normalized spacial score (nSPS) is 12.5. The molecule has 0 spiro atoms. The molecule has 9 heteroatoms. The molecule has 4 aromatic rings. The third kappa shape index (κ3) is 7.01. The summed E-state index contributed by atoms with van der Waals surface area (Å²) < 4.78 is 17.5. The first-order valence-corrected chi connectivity index (χ1v) is 12.8. The first-order valence-electron chi connectivity index (χ1n) is 12.8. The second kappa shape index (κ2) is 11.4. The van der Waals surface area contributed by atoms with Gasteiger partial charge in [-0.1, -0.05) is 60.7 Å². The number of amides is 1. The van der Waals surface area contributed by atoms with Crippen molar-refractivity contribution >= 4 is 17.7 Å². The van der Waals surface area contributed by atoms with Crippen LogP contribution in [-0.4, -0.2) is 31.5 Å². The van der Waals surface area contributed by atoms with E-state index in [9.17, 15) is 4.79 Å². The van der Waals surface area contributed by atoms with Crippen LogP contribution in [-0.2, 0) is 31.0 Å². The van der Waals surface area contributed by atoms with Crippen molar-refractivity contribution in [2.45, 2.75) is 52.7 Å². The zero-order valence-electron chi connectivity index (χ0n) is 22.3. The number of anilines is 2. The van der Waals surface area contributed by atoms with Crippen molar-refractivity contribution in [3.63, 3.8) is 0 Å². The molecule has 1 aliphatic rings. The Hall–Kier alpha value is -4.66. The summed E-state index contributed by atoms with van der Waals surface area (Å²) >= 11 is 0. The van der Waals surface area contributed by atoms with Crippen LogP contribution < -0.4 is 14.8 Å². The minimum Gasteiger partial charge on any atom is -0.473 e. The molecule has 0 fully saturated rings. The van der Waals surface area contributed by atoms with Crippen LogP contribution in [0.3, 0.4) is 0 Å². The molecule has 1 aliphatic heterocycles. The number of benzene rings is 2. The molecule has 5 rings (SSSR count). The molecule has 3 heterocycles. The van der Waals surface area contributed by atoms with Gasteiger partial charge in [0.15, 0.2) is 0 Å². The third-order valence-corrected chi connectivity index (χ3v) is 5.84. The van der Waals surface area contributed by atoms with Crippen molar-refractivity contribution < 1.29 is 19.0 Å². The lowest BCUT2D eigenvalue weighted by Gasteiger charge is -2.23. The first-order chi connectivity index (χ1) is 18.8. The lowest BCUT2D eigenvalue weighted by molar-refractivity contribution is 0.0240. The summed E-state index contributed by atoms with van der Waals surface area (Å²) in [5.74, 6) is 1.18. The maximum Gasteiger partial charge on any atom is 0.410 e. The van der Waals surface area contributed by atoms with Crippen LogP contribution in [0.2, 0.25) is 0 Å². The smallest absolute Gasteiger partial charge is 0.410 e. The summed E-state index contributed by atoms with van der Waals surface area (Å²) in [5.41, 5.74) is 3.73. The molecule has 0 unspecified atom stereocenters. The Morgan fingerprint density at radius 2 is 1.54 bits per heavy atom. The monoisotopic (exact) mass is 525 g/mol. The topological polar surface area (TPSA) is 98.7 Å². The van der Waals surface area contributed by atoms with Gasteiger partial charge in [0.05, 0.1) is 18.8 Å². The number of hydrogen-bond acceptors (Lipinski definition) is 8. The van der Waals surface area contributed by atoms with Gasteiger partial charge >= 0.3 is 6.09 Å². The van der Waals surface area contributed by atoms with E-state index in [1.165, 1.54) is 0 Å². The van der Waals surface area contributed by atoms with Gasteiger partial charge in [-0.2, -0.15) is 4.98 Å². The fourth-order valence-electron chi connectivity index (χ4n) is 3.96. The van der Waals surface area contributed by atoms with E-state index in [0.29, 0.717) is 49.7 Å². The van der Waals surface area contributed by atoms with Crippen molar-refractivity contribution in [2.24, 2.45) is 0 Å². The number of carbonyl (C=O) groups is 1. The quantitative estimate of drug-likeness (QED) is 0.298. The van der Waals surface area contributed by atoms with Crippen molar-refractivity contribution in [3.05, 3.63) is 101 Å². The number of nitrogens with zero attached hydrogens (tertiary/aromatic N) is 4. The van der Waals surface area contributed by atoms with Crippen LogP contribution in [0.25, 0.3) is 0 Å². The van der Waals surface area contributed by atoms with Gasteiger partial charge in [0.1, 0.15) is 24.5 Å². The molecule has 1 N–H and O–H groups in total. The highest BCUT2D eigenvalue weighted by Gasteiger charge is 2.29. The number of hydrogen-bond donors (Lipinski definition) is 1. The molecule has 2 aromatic heterocycles. The van der Waals surface area contributed by atoms with Crippen LogP contribution in [0.1, 0.15) is 43.2 Å². The summed E-state index contributed by atoms with van der Waals surface area (Å²) in [6.45, 7) is 7.02. The Morgan fingerprint density at radius 3 is 2.21 bits per heavy atom. The number of rotatable bonds is 8. The molecular weight excluding hydrogens is 494 g/mol. The molecule has 0 radical (unpaired) electrons. The predicted octanol–water partition coefficient (Wildman–Crippen LogP) is 6.02. The fourth-order valence-corrected chi connectivity index (χ4v) is 3.96. The Labute approximate surface area is 227 Å². The van der Waals surface area contributed by atoms with E-state index in [4.69, 9.17) is 14.2 Å². The molecule has 0 saturated heterocycles. The number of aromatic nitrogens is 3. The maximum absolute atomic E-state index is 12.5. The Bertz CT molecular complexity index is 1420. The largest absolute Gasteiger partial charge is 0.473 e. The summed E-state index contributed by atoms with van der Waals surface area (Å²) in [4.78, 5) is 27.8. The van der Waals surface area contributed by atoms with Crippen LogP contribution in [0.5, 0.6) is 11.8 Å². The average Bonchev–Trinajstić information content (AvgIpc) is 3.36. The fraction of sp³-hybridized carbons (Fsp3) is 0.267. The minimum absolute atomic E-state index is 0.334. The summed E-state index contributed by atoms with van der Waals surface area (Å²) in [6.07, 6.45) is 1.35. The van der Waals surface area contributed by atoms with E-state index in [1.54, 1.807) is 17.2 Å². The predicted molar refractivity (Wildman–Crippen MR) is 147 cm³/mol. The number of nitrogens with one attached hydrogen (secondary N) is 1. The number of fused-ring (bicyclic) bond motifs is 1. The maximum atomic E-state index is 12.5. The van der Waals surface area contributed by atoms with Crippen molar-refractivity contribution in [2.75, 3.05) is 5.32 Å². The lowest BCUT2D eigenvalue weighted by atomic mass is 10.2. The molecule has 0 saturated carbocycles. The molecule has 1 amide bonds. The molecular formula is C30H31N5O4. The lowest BCUT2D eigenvalue weighted by Crippen LogP contribution is -2.33. The average molecular weight is 526 g/mol. The van der Waals surface area contributed by atoms with Crippen molar-refractivity contribution in [1.82, 2.24) is 19.9 Å². The van der Waals surface area contributed by atoms with Gasteiger partial charge in [-0.05, 0) is 38.0 Å². The second-order valence-electron chi connectivity index (χ2n) is 10.2. The Kier molecular flexibility index (Phi) is 7.58. The van der Waals surface area contributed by atoms with Gasteiger partial charge < -0.3 is 19.5 Å². The molecule has 0 atom stereocenters. The molecule has 200 valence electrons. The van der Waals surface area contributed by atoms with Gasteiger partial charge in [-0.25, -0.2) is 14.8 Å². The summed E-state index contributed by atoms with van der Waals surface area (Å²) in [5, 5.41) is 3.22. The van der Waals surface area contributed by atoms with Crippen molar-refractivity contribution in [1.29, 1.82) is 0 Å². The van der Waals surface area contributed by atoms with E-state index in [-0.39, 0.29) is 6.09 Å². The van der Waals surface area contributed by atoms with E-state index < -0.39 is 5.60 Å². The van der Waals surface area contributed by atoms with Crippen LogP contribution in [0, 0.1) is 0 Å². The van der Waals surface area contributed by atoms with E-state index >= 15 is 0 Å². The summed E-state index contributed by atoms with van der Waals surface area (Å²) in [7, 11) is 0. The molecule has 0 aliphatic carbocycles. The van der Waals surface area contributed by atoms with E-state index in [2.05, 4.69) is 20.3 Å². The summed E-state index contributed by atoms with van der Waals surface area (Å²) in [6, 6.07) is 23.4. The third-order valence-electron chi connectivity index (χ3n) is 5.84. The standard InChI is InChI=1S/C30H31N5O4/c1-30(2,3)39-29(36)35-17-23-16-31-28(33-25(23)18-35)32-24-14-15-26(37-19-21-10-6-4-7-11-21)34-27(24)38-20-22-12-8-5-9-13-22/h4-16H,17-20H2,1-3H3,(H,31,32,33). The Balaban J connectivity index is 1.32. The van der Waals surface area contributed by atoms with Crippen LogP contribution >= 0.6 is 0 Å². The highest BCUT2D eigenvalue weighted by Crippen LogP contribution is 2.30. The molecule has 9 nitrogen and oxygen atoms in total. The highest BCUT2D eigenvalue weighted by atomic mass is 16.6. The number of carbonyl (C=O) groups excluding carboxylic acids is 1.